The molecule has 170 valence electrons. The van der Waals surface area contributed by atoms with Crippen molar-refractivity contribution in [2.24, 2.45) is 0 Å². The molecule has 34 heavy (non-hydrogen) atoms. The molecule has 5 aromatic rings. The lowest BCUT2D eigenvalue weighted by molar-refractivity contribution is 0.415. The molecule has 4 aromatic heterocycles. The van der Waals surface area contributed by atoms with Crippen LogP contribution in [0.5, 0.6) is 5.75 Å². The molecule has 9 nitrogen and oxygen atoms in total. The summed E-state index contributed by atoms with van der Waals surface area (Å²) in [5.41, 5.74) is 6.71. The van der Waals surface area contributed by atoms with E-state index in [1.54, 1.807) is 13.3 Å². The molecule has 1 aliphatic rings. The molecule has 0 fully saturated rings. The molecule has 0 amide bonds. The number of nitrogens with zero attached hydrogens (tertiary/aromatic N) is 7. The average Bonchev–Trinajstić information content (AvgIpc) is 3.57. The minimum absolute atomic E-state index is 0.171. The van der Waals surface area contributed by atoms with Crippen LogP contribution in [0.1, 0.15) is 42.4 Å². The Morgan fingerprint density at radius 2 is 2.09 bits per heavy atom. The molecule has 0 spiro atoms. The van der Waals surface area contributed by atoms with Gasteiger partial charge in [-0.3, -0.25) is 9.67 Å². The molecule has 0 N–H and O–H groups in total. The number of aromatic nitrogens is 7. The fourth-order valence-corrected chi connectivity index (χ4v) is 4.30. The number of fused-ring (bicyclic) bond motifs is 5. The summed E-state index contributed by atoms with van der Waals surface area (Å²) >= 11 is 0. The van der Waals surface area contributed by atoms with Gasteiger partial charge in [-0.2, -0.15) is 10.1 Å². The van der Waals surface area contributed by atoms with Crippen molar-refractivity contribution in [3.8, 4) is 34.3 Å². The van der Waals surface area contributed by atoms with Gasteiger partial charge in [-0.25, -0.2) is 4.98 Å². The highest BCUT2D eigenvalue weighted by molar-refractivity contribution is 5.77. The Morgan fingerprint density at radius 3 is 2.85 bits per heavy atom. The Kier molecular flexibility index (Phi) is 4.75. The molecule has 5 heterocycles. The van der Waals surface area contributed by atoms with Crippen LogP contribution in [0.25, 0.3) is 28.5 Å². The van der Waals surface area contributed by atoms with Crippen molar-refractivity contribution >= 4 is 0 Å². The average molecular weight is 454 g/mol. The fourth-order valence-electron chi connectivity index (χ4n) is 4.30. The van der Waals surface area contributed by atoms with E-state index >= 15 is 0 Å². The van der Waals surface area contributed by atoms with Gasteiger partial charge in [0.1, 0.15) is 12.1 Å². The molecule has 0 bridgehead atoms. The van der Waals surface area contributed by atoms with Crippen LogP contribution in [0.4, 0.5) is 0 Å². The van der Waals surface area contributed by atoms with Crippen LogP contribution in [-0.4, -0.2) is 41.6 Å². The maximum absolute atomic E-state index is 5.59. The van der Waals surface area contributed by atoms with E-state index in [1.807, 2.05) is 61.4 Å². The van der Waals surface area contributed by atoms with Crippen molar-refractivity contribution in [1.29, 1.82) is 0 Å². The van der Waals surface area contributed by atoms with Gasteiger partial charge in [-0.15, -0.1) is 0 Å². The Hall–Kier alpha value is -4.27. The van der Waals surface area contributed by atoms with Crippen LogP contribution in [0.2, 0.25) is 0 Å². The van der Waals surface area contributed by atoms with Gasteiger partial charge in [0, 0.05) is 42.1 Å². The van der Waals surface area contributed by atoms with Crippen LogP contribution in [0.15, 0.2) is 59.8 Å². The topological polar surface area (TPSA) is 96.7 Å². The SMILES string of the molecule is COc1ccc2c(c1)-c1nn(Cc3cccnc3)cc1Cc1c(-c3nc(C(C)C)no3)ncn1-2. The first-order valence-corrected chi connectivity index (χ1v) is 11.1. The minimum Gasteiger partial charge on any atom is -0.497 e. The van der Waals surface area contributed by atoms with Crippen LogP contribution >= 0.6 is 0 Å². The zero-order valence-electron chi connectivity index (χ0n) is 19.1. The zero-order valence-corrected chi connectivity index (χ0v) is 19.1. The zero-order chi connectivity index (χ0) is 23.2. The van der Waals surface area contributed by atoms with Crippen LogP contribution in [0.3, 0.4) is 0 Å². The first-order valence-electron chi connectivity index (χ1n) is 11.1. The summed E-state index contributed by atoms with van der Waals surface area (Å²) in [6.07, 6.45) is 8.15. The molecule has 0 radical (unpaired) electrons. The van der Waals surface area contributed by atoms with Crippen molar-refractivity contribution < 1.29 is 9.26 Å². The minimum atomic E-state index is 0.171. The molecular weight excluding hydrogens is 430 g/mol. The lowest BCUT2D eigenvalue weighted by Gasteiger charge is -2.11. The standard InChI is InChI=1S/C25H23N7O2/c1-15(2)24-28-25(34-30-24)23-21-9-17-13-31(12-16-5-4-8-26-11-16)29-22(17)19-10-18(33-3)6-7-20(19)32(21)14-27-23/h4-8,10-11,13-15H,9,12H2,1-3H3. The third-order valence-corrected chi connectivity index (χ3v) is 6.01. The lowest BCUT2D eigenvalue weighted by Crippen LogP contribution is -2.03. The summed E-state index contributed by atoms with van der Waals surface area (Å²) in [5, 5.41) is 9.10. The number of pyridine rings is 1. The quantitative estimate of drug-likeness (QED) is 0.385. The van der Waals surface area contributed by atoms with E-state index in [-0.39, 0.29) is 5.92 Å². The number of benzene rings is 1. The molecule has 0 saturated heterocycles. The van der Waals surface area contributed by atoms with E-state index in [2.05, 4.69) is 30.9 Å². The van der Waals surface area contributed by atoms with Crippen molar-refractivity contribution in [1.82, 2.24) is 34.5 Å². The summed E-state index contributed by atoms with van der Waals surface area (Å²) < 4.78 is 15.2. The molecule has 0 aliphatic carbocycles. The summed E-state index contributed by atoms with van der Waals surface area (Å²) in [6, 6.07) is 9.99. The number of methoxy groups -OCH3 is 1. The van der Waals surface area contributed by atoms with Crippen molar-refractivity contribution in [3.05, 3.63) is 77.9 Å². The van der Waals surface area contributed by atoms with E-state index in [0.717, 1.165) is 39.5 Å². The van der Waals surface area contributed by atoms with E-state index in [9.17, 15) is 0 Å². The van der Waals surface area contributed by atoms with Gasteiger partial charge in [0.2, 0.25) is 0 Å². The highest BCUT2D eigenvalue weighted by atomic mass is 16.5. The Morgan fingerprint density at radius 1 is 1.18 bits per heavy atom. The fraction of sp³-hybridized carbons (Fsp3) is 0.240. The largest absolute Gasteiger partial charge is 0.497 e. The highest BCUT2D eigenvalue weighted by Gasteiger charge is 2.28. The van der Waals surface area contributed by atoms with E-state index in [4.69, 9.17) is 14.4 Å². The van der Waals surface area contributed by atoms with Crippen molar-refractivity contribution in [2.45, 2.75) is 32.7 Å². The van der Waals surface area contributed by atoms with Gasteiger partial charge >= 0.3 is 0 Å². The smallest absolute Gasteiger partial charge is 0.278 e. The van der Waals surface area contributed by atoms with E-state index in [0.29, 0.717) is 30.4 Å². The van der Waals surface area contributed by atoms with Gasteiger partial charge in [0.05, 0.1) is 30.7 Å². The second-order valence-corrected chi connectivity index (χ2v) is 8.64. The Bertz CT molecular complexity index is 1480. The first kappa shape index (κ1) is 20.3. The summed E-state index contributed by atoms with van der Waals surface area (Å²) in [5.74, 6) is 2.04. The molecule has 0 unspecified atom stereocenters. The Labute approximate surface area is 196 Å². The summed E-state index contributed by atoms with van der Waals surface area (Å²) in [6.45, 7) is 4.71. The van der Waals surface area contributed by atoms with Gasteiger partial charge in [-0.05, 0) is 29.8 Å². The predicted molar refractivity (Wildman–Crippen MR) is 125 cm³/mol. The van der Waals surface area contributed by atoms with Gasteiger partial charge in [0.15, 0.2) is 11.5 Å². The van der Waals surface area contributed by atoms with Gasteiger partial charge in [0.25, 0.3) is 5.89 Å². The highest BCUT2D eigenvalue weighted by Crippen LogP contribution is 2.39. The van der Waals surface area contributed by atoms with Crippen LogP contribution < -0.4 is 4.74 Å². The Balaban J connectivity index is 1.50. The second-order valence-electron chi connectivity index (χ2n) is 8.64. The lowest BCUT2D eigenvalue weighted by atomic mass is 10.0. The number of hydrogen-bond acceptors (Lipinski definition) is 7. The molecular formula is C25H23N7O2. The number of imidazole rings is 1. The first-order chi connectivity index (χ1) is 16.6. The van der Waals surface area contributed by atoms with Crippen LogP contribution in [0, 0.1) is 0 Å². The molecule has 9 heteroatoms. The maximum atomic E-state index is 5.59. The monoisotopic (exact) mass is 453 g/mol. The summed E-state index contributed by atoms with van der Waals surface area (Å²) in [7, 11) is 1.67. The number of hydrogen-bond donors (Lipinski definition) is 0. The third-order valence-electron chi connectivity index (χ3n) is 6.01. The van der Waals surface area contributed by atoms with Crippen molar-refractivity contribution in [3.63, 3.8) is 0 Å². The van der Waals surface area contributed by atoms with E-state index < -0.39 is 0 Å². The third kappa shape index (κ3) is 3.37. The molecule has 1 aromatic carbocycles. The maximum Gasteiger partial charge on any atom is 0.278 e. The second kappa shape index (κ2) is 7.95. The summed E-state index contributed by atoms with van der Waals surface area (Å²) in [4.78, 5) is 13.5. The van der Waals surface area contributed by atoms with Gasteiger partial charge in [-0.1, -0.05) is 25.1 Å². The van der Waals surface area contributed by atoms with E-state index in [1.165, 1.54) is 0 Å². The molecule has 0 atom stereocenters. The molecule has 0 saturated carbocycles. The predicted octanol–water partition coefficient (Wildman–Crippen LogP) is 4.27. The molecule has 6 rings (SSSR count). The molecule has 1 aliphatic heterocycles. The number of rotatable bonds is 5. The number of ether oxygens (including phenoxy) is 1. The van der Waals surface area contributed by atoms with Gasteiger partial charge < -0.3 is 13.8 Å². The van der Waals surface area contributed by atoms with Crippen LogP contribution in [-0.2, 0) is 13.0 Å². The van der Waals surface area contributed by atoms with Crippen molar-refractivity contribution in [2.75, 3.05) is 7.11 Å². The normalized spacial score (nSPS) is 12.2.